The van der Waals surface area contributed by atoms with Crippen LogP contribution in [0.5, 0.6) is 5.75 Å². The van der Waals surface area contributed by atoms with Crippen LogP contribution in [0.1, 0.15) is 21.5 Å². The van der Waals surface area contributed by atoms with E-state index in [-0.39, 0.29) is 10.5 Å². The molecule has 0 unspecified atom stereocenters. The number of ether oxygens (including phenoxy) is 1. The van der Waals surface area contributed by atoms with Crippen LogP contribution in [0.2, 0.25) is 5.02 Å². The number of carbonyl (C=O) groups excluding carboxylic acids is 1. The Morgan fingerprint density at radius 2 is 1.83 bits per heavy atom. The smallest absolute Gasteiger partial charge is 0.343 e. The van der Waals surface area contributed by atoms with Crippen LogP contribution in [-0.4, -0.2) is 20.9 Å². The lowest BCUT2D eigenvalue weighted by molar-refractivity contribution is 0.0733. The number of aryl methyl sites for hydroxylation is 1. The minimum absolute atomic E-state index is 0.0523. The number of rotatable bonds is 4. The molecule has 4 rings (SSSR count). The minimum Gasteiger partial charge on any atom is -0.423 e. The zero-order chi connectivity index (χ0) is 20.6. The largest absolute Gasteiger partial charge is 0.423 e. The molecule has 3 aromatic carbocycles. The molecule has 29 heavy (non-hydrogen) atoms. The molecular weight excluding hydrogens is 410 g/mol. The predicted octanol–water partition coefficient (Wildman–Crippen LogP) is 4.62. The second-order valence-electron chi connectivity index (χ2n) is 6.78. The van der Waals surface area contributed by atoms with Crippen LogP contribution in [0.25, 0.3) is 0 Å². The summed E-state index contributed by atoms with van der Waals surface area (Å²) in [7, 11) is -3.79. The first-order valence-corrected chi connectivity index (χ1v) is 10.9. The maximum Gasteiger partial charge on any atom is 0.343 e. The van der Waals surface area contributed by atoms with Gasteiger partial charge in [0.2, 0.25) is 0 Å². The molecule has 0 saturated heterocycles. The van der Waals surface area contributed by atoms with Crippen LogP contribution in [0.4, 0.5) is 5.69 Å². The first kappa shape index (κ1) is 19.5. The molecule has 0 saturated carbocycles. The molecule has 5 nitrogen and oxygen atoms in total. The van der Waals surface area contributed by atoms with Crippen molar-refractivity contribution in [3.63, 3.8) is 0 Å². The lowest BCUT2D eigenvalue weighted by Gasteiger charge is -2.19. The van der Waals surface area contributed by atoms with Crippen LogP contribution in [-0.2, 0) is 16.4 Å². The van der Waals surface area contributed by atoms with E-state index in [0.717, 1.165) is 5.56 Å². The van der Waals surface area contributed by atoms with Gasteiger partial charge in [0.15, 0.2) is 0 Å². The van der Waals surface area contributed by atoms with Crippen LogP contribution in [0.3, 0.4) is 0 Å². The number of fused-ring (bicyclic) bond motifs is 1. The SMILES string of the molecule is Cc1cc(Cl)ccc1OC(=O)c1cccc(S(=O)(=O)N2CCc3ccccc32)c1. The fraction of sp³-hybridized carbons (Fsp3) is 0.136. The van der Waals surface area contributed by atoms with Gasteiger partial charge < -0.3 is 4.74 Å². The van der Waals surface area contributed by atoms with Crippen LogP contribution in [0, 0.1) is 6.92 Å². The maximum absolute atomic E-state index is 13.2. The first-order valence-electron chi connectivity index (χ1n) is 9.05. The topological polar surface area (TPSA) is 63.7 Å². The molecule has 0 radical (unpaired) electrons. The third-order valence-electron chi connectivity index (χ3n) is 4.84. The van der Waals surface area contributed by atoms with Crippen molar-refractivity contribution in [2.45, 2.75) is 18.2 Å². The molecular formula is C22H18ClNO4S. The van der Waals surface area contributed by atoms with E-state index < -0.39 is 16.0 Å². The summed E-state index contributed by atoms with van der Waals surface area (Å²) in [5.41, 5.74) is 2.54. The maximum atomic E-state index is 13.2. The molecule has 148 valence electrons. The van der Waals surface area contributed by atoms with Gasteiger partial charge in [-0.25, -0.2) is 13.2 Å². The summed E-state index contributed by atoms with van der Waals surface area (Å²) in [4.78, 5) is 12.6. The number of hydrogen-bond donors (Lipinski definition) is 0. The van der Waals surface area contributed by atoms with Gasteiger partial charge in [-0.3, -0.25) is 4.31 Å². The Balaban J connectivity index is 1.62. The number of sulfonamides is 1. The second kappa shape index (κ2) is 7.54. The summed E-state index contributed by atoms with van der Waals surface area (Å²) in [6.07, 6.45) is 0.660. The Bertz CT molecular complexity index is 1210. The van der Waals surface area contributed by atoms with Crippen molar-refractivity contribution in [2.75, 3.05) is 10.8 Å². The van der Waals surface area contributed by atoms with Gasteiger partial charge in [-0.1, -0.05) is 35.9 Å². The molecule has 0 aliphatic carbocycles. The molecule has 1 aliphatic heterocycles. The van der Waals surface area contributed by atoms with Crippen molar-refractivity contribution >= 4 is 33.3 Å². The third-order valence-corrected chi connectivity index (χ3v) is 6.89. The summed E-state index contributed by atoms with van der Waals surface area (Å²) >= 11 is 5.93. The number of anilines is 1. The summed E-state index contributed by atoms with van der Waals surface area (Å²) in [6.45, 7) is 2.15. The van der Waals surface area contributed by atoms with Crippen molar-refractivity contribution in [3.8, 4) is 5.75 Å². The van der Waals surface area contributed by atoms with Gasteiger partial charge in [0, 0.05) is 11.6 Å². The molecule has 0 aromatic heterocycles. The zero-order valence-corrected chi connectivity index (χ0v) is 17.2. The van der Waals surface area contributed by atoms with Gasteiger partial charge in [0.25, 0.3) is 10.0 Å². The highest BCUT2D eigenvalue weighted by Crippen LogP contribution is 2.33. The van der Waals surface area contributed by atoms with Gasteiger partial charge >= 0.3 is 5.97 Å². The summed E-state index contributed by atoms with van der Waals surface area (Å²) in [5.74, 6) is -0.254. The van der Waals surface area contributed by atoms with Crippen LogP contribution < -0.4 is 9.04 Å². The number of benzene rings is 3. The Morgan fingerprint density at radius 3 is 2.62 bits per heavy atom. The highest BCUT2D eigenvalue weighted by Gasteiger charge is 2.31. The molecule has 0 amide bonds. The van der Waals surface area contributed by atoms with E-state index in [1.807, 2.05) is 18.2 Å². The molecule has 0 fully saturated rings. The van der Waals surface area contributed by atoms with Crippen molar-refractivity contribution < 1.29 is 17.9 Å². The van der Waals surface area contributed by atoms with Gasteiger partial charge in [0.1, 0.15) is 5.75 Å². The number of halogens is 1. The Kier molecular flexibility index (Phi) is 5.06. The molecule has 0 bridgehead atoms. The molecule has 7 heteroatoms. The van der Waals surface area contributed by atoms with E-state index in [2.05, 4.69) is 0 Å². The van der Waals surface area contributed by atoms with E-state index in [1.165, 1.54) is 22.5 Å². The van der Waals surface area contributed by atoms with Crippen molar-refractivity contribution in [1.82, 2.24) is 0 Å². The summed E-state index contributed by atoms with van der Waals surface area (Å²) < 4.78 is 33.2. The number of hydrogen-bond acceptors (Lipinski definition) is 4. The van der Waals surface area contributed by atoms with E-state index in [4.69, 9.17) is 16.3 Å². The fourth-order valence-electron chi connectivity index (χ4n) is 3.35. The second-order valence-corrected chi connectivity index (χ2v) is 9.08. The predicted molar refractivity (Wildman–Crippen MR) is 112 cm³/mol. The van der Waals surface area contributed by atoms with E-state index in [0.29, 0.717) is 35.0 Å². The Morgan fingerprint density at radius 1 is 1.03 bits per heavy atom. The standard InChI is InChI=1S/C22H18ClNO4S/c1-15-13-18(23)9-10-21(15)28-22(25)17-6-4-7-19(14-17)29(26,27)24-12-11-16-5-2-3-8-20(16)24/h2-10,13-14H,11-12H2,1H3. The van der Waals surface area contributed by atoms with Gasteiger partial charge in [0.05, 0.1) is 16.1 Å². The molecule has 0 spiro atoms. The average Bonchev–Trinajstić information content (AvgIpc) is 3.15. The van der Waals surface area contributed by atoms with Crippen molar-refractivity contribution in [2.24, 2.45) is 0 Å². The Hall–Kier alpha value is -2.83. The molecule has 0 N–H and O–H groups in total. The van der Waals surface area contributed by atoms with Crippen LogP contribution >= 0.6 is 11.6 Å². The van der Waals surface area contributed by atoms with Crippen LogP contribution in [0.15, 0.2) is 71.6 Å². The normalized spacial score (nSPS) is 13.2. The van der Waals surface area contributed by atoms with Crippen molar-refractivity contribution in [3.05, 3.63) is 88.4 Å². The van der Waals surface area contributed by atoms with Gasteiger partial charge in [-0.15, -0.1) is 0 Å². The fourth-order valence-corrected chi connectivity index (χ4v) is 5.13. The minimum atomic E-state index is -3.79. The molecule has 1 heterocycles. The number of nitrogens with zero attached hydrogens (tertiary/aromatic N) is 1. The zero-order valence-electron chi connectivity index (χ0n) is 15.6. The lowest BCUT2D eigenvalue weighted by Crippen LogP contribution is -2.29. The summed E-state index contributed by atoms with van der Waals surface area (Å²) in [5, 5.41) is 0.543. The number of para-hydroxylation sites is 1. The van der Waals surface area contributed by atoms with Gasteiger partial charge in [-0.05, 0) is 66.9 Å². The number of esters is 1. The third kappa shape index (κ3) is 3.73. The lowest BCUT2D eigenvalue weighted by atomic mass is 10.2. The monoisotopic (exact) mass is 427 g/mol. The van der Waals surface area contributed by atoms with Gasteiger partial charge in [-0.2, -0.15) is 0 Å². The molecule has 3 aromatic rings. The van der Waals surface area contributed by atoms with E-state index in [1.54, 1.807) is 37.3 Å². The quantitative estimate of drug-likeness (QED) is 0.450. The van der Waals surface area contributed by atoms with Crippen molar-refractivity contribution in [1.29, 1.82) is 0 Å². The molecule has 0 atom stereocenters. The number of carbonyl (C=O) groups is 1. The Labute approximate surface area is 174 Å². The highest BCUT2D eigenvalue weighted by molar-refractivity contribution is 7.92. The highest BCUT2D eigenvalue weighted by atomic mass is 35.5. The molecule has 1 aliphatic rings. The first-order chi connectivity index (χ1) is 13.9. The van der Waals surface area contributed by atoms with E-state index >= 15 is 0 Å². The summed E-state index contributed by atoms with van der Waals surface area (Å²) in [6, 6.07) is 18.3. The van der Waals surface area contributed by atoms with E-state index in [9.17, 15) is 13.2 Å². The average molecular weight is 428 g/mol.